The first kappa shape index (κ1) is 8.13. The zero-order valence-electron chi connectivity index (χ0n) is 6.68. The average Bonchev–Trinajstić information content (AvgIpc) is 2.19. The molecule has 3 nitrogen and oxygen atoms in total. The van der Waals surface area contributed by atoms with Crippen molar-refractivity contribution in [1.82, 2.24) is 15.0 Å². The summed E-state index contributed by atoms with van der Waals surface area (Å²) in [5, 5.41) is 0.637. The maximum absolute atomic E-state index is 5.80. The Hall–Kier alpha value is -1.48. The van der Waals surface area contributed by atoms with Gasteiger partial charge < -0.3 is 0 Å². The summed E-state index contributed by atoms with van der Waals surface area (Å²) in [7, 11) is 0. The molecule has 2 aromatic heterocycles. The summed E-state index contributed by atoms with van der Waals surface area (Å²) < 4.78 is 0. The molecule has 0 bridgehead atoms. The maximum atomic E-state index is 5.80. The van der Waals surface area contributed by atoms with E-state index in [2.05, 4.69) is 15.0 Å². The molecule has 2 heterocycles. The van der Waals surface area contributed by atoms with Crippen LogP contribution >= 0.6 is 11.6 Å². The zero-order chi connectivity index (χ0) is 9.10. The summed E-state index contributed by atoms with van der Waals surface area (Å²) in [4.78, 5) is 12.2. The number of rotatable bonds is 1. The first-order chi connectivity index (χ1) is 6.36. The highest BCUT2D eigenvalue weighted by Crippen LogP contribution is 2.15. The van der Waals surface area contributed by atoms with Gasteiger partial charge in [-0.15, -0.1) is 0 Å². The van der Waals surface area contributed by atoms with Crippen molar-refractivity contribution in [2.45, 2.75) is 0 Å². The topological polar surface area (TPSA) is 38.7 Å². The fourth-order valence-electron chi connectivity index (χ4n) is 0.958. The van der Waals surface area contributed by atoms with E-state index in [4.69, 9.17) is 11.6 Å². The van der Waals surface area contributed by atoms with Crippen LogP contribution < -0.4 is 0 Å². The van der Waals surface area contributed by atoms with Gasteiger partial charge in [-0.05, 0) is 18.2 Å². The van der Waals surface area contributed by atoms with Gasteiger partial charge in [0, 0.05) is 23.6 Å². The molecule has 4 heteroatoms. The SMILES string of the molecule is Clc1ccnc(-c2ncccn2)c1. The first-order valence-corrected chi connectivity index (χ1v) is 4.13. The molecule has 0 aliphatic heterocycles. The molecule has 0 atom stereocenters. The molecule has 2 aromatic rings. The second-order valence-electron chi connectivity index (χ2n) is 2.43. The molecule has 0 N–H and O–H groups in total. The Morgan fingerprint density at radius 1 is 1.00 bits per heavy atom. The number of pyridine rings is 1. The maximum Gasteiger partial charge on any atom is 0.178 e. The molecule has 0 aliphatic rings. The van der Waals surface area contributed by atoms with E-state index in [0.717, 1.165) is 0 Å². The van der Waals surface area contributed by atoms with Crippen molar-refractivity contribution < 1.29 is 0 Å². The lowest BCUT2D eigenvalue weighted by Gasteiger charge is -1.97. The van der Waals surface area contributed by atoms with Crippen LogP contribution in [0.4, 0.5) is 0 Å². The number of hydrogen-bond acceptors (Lipinski definition) is 3. The van der Waals surface area contributed by atoms with Crippen LogP contribution in [0.25, 0.3) is 11.5 Å². The molecule has 0 spiro atoms. The van der Waals surface area contributed by atoms with Crippen molar-refractivity contribution in [1.29, 1.82) is 0 Å². The monoisotopic (exact) mass is 191 g/mol. The molecule has 0 aliphatic carbocycles. The number of nitrogens with zero attached hydrogens (tertiary/aromatic N) is 3. The molecular weight excluding hydrogens is 186 g/mol. The lowest BCUT2D eigenvalue weighted by Crippen LogP contribution is -1.89. The van der Waals surface area contributed by atoms with E-state index < -0.39 is 0 Å². The summed E-state index contributed by atoms with van der Waals surface area (Å²) in [5.74, 6) is 0.588. The van der Waals surface area contributed by atoms with E-state index in [9.17, 15) is 0 Å². The van der Waals surface area contributed by atoms with Crippen molar-refractivity contribution in [3.63, 3.8) is 0 Å². The van der Waals surface area contributed by atoms with E-state index in [-0.39, 0.29) is 0 Å². The third kappa shape index (κ3) is 1.81. The van der Waals surface area contributed by atoms with Crippen LogP contribution in [-0.4, -0.2) is 15.0 Å². The van der Waals surface area contributed by atoms with Crippen molar-refractivity contribution in [3.05, 3.63) is 41.8 Å². The minimum absolute atomic E-state index is 0.588. The fourth-order valence-corrected chi connectivity index (χ4v) is 1.12. The van der Waals surface area contributed by atoms with Crippen LogP contribution in [0, 0.1) is 0 Å². The van der Waals surface area contributed by atoms with Crippen molar-refractivity contribution in [2.75, 3.05) is 0 Å². The average molecular weight is 192 g/mol. The van der Waals surface area contributed by atoms with E-state index in [1.165, 1.54) is 0 Å². The number of hydrogen-bond donors (Lipinski definition) is 0. The molecule has 0 saturated heterocycles. The van der Waals surface area contributed by atoms with Crippen LogP contribution in [0.1, 0.15) is 0 Å². The Balaban J connectivity index is 2.48. The fraction of sp³-hybridized carbons (Fsp3) is 0. The Bertz CT molecular complexity index is 403. The van der Waals surface area contributed by atoms with Gasteiger partial charge in [0.25, 0.3) is 0 Å². The van der Waals surface area contributed by atoms with Gasteiger partial charge >= 0.3 is 0 Å². The molecule has 0 unspecified atom stereocenters. The number of halogens is 1. The molecule has 0 saturated carbocycles. The molecule has 13 heavy (non-hydrogen) atoms. The summed E-state index contributed by atoms with van der Waals surface area (Å²) in [6, 6.07) is 5.21. The van der Waals surface area contributed by atoms with Gasteiger partial charge in [0.1, 0.15) is 5.69 Å². The predicted octanol–water partition coefficient (Wildman–Crippen LogP) is 2.19. The molecule has 0 radical (unpaired) electrons. The van der Waals surface area contributed by atoms with Crippen LogP contribution in [0.3, 0.4) is 0 Å². The summed E-state index contributed by atoms with van der Waals surface area (Å²) in [5.41, 5.74) is 0.688. The van der Waals surface area contributed by atoms with E-state index in [1.807, 2.05) is 0 Å². The minimum atomic E-state index is 0.588. The van der Waals surface area contributed by atoms with Crippen molar-refractivity contribution in [2.24, 2.45) is 0 Å². The highest BCUT2D eigenvalue weighted by Gasteiger charge is 2.00. The van der Waals surface area contributed by atoms with Crippen LogP contribution in [0.2, 0.25) is 5.02 Å². The van der Waals surface area contributed by atoms with Crippen molar-refractivity contribution in [3.8, 4) is 11.5 Å². The minimum Gasteiger partial charge on any atom is -0.253 e. The van der Waals surface area contributed by atoms with E-state index in [0.29, 0.717) is 16.5 Å². The zero-order valence-corrected chi connectivity index (χ0v) is 7.44. The second kappa shape index (κ2) is 3.49. The molecular formula is C9H6ClN3. The van der Waals surface area contributed by atoms with Crippen LogP contribution in [-0.2, 0) is 0 Å². The summed E-state index contributed by atoms with van der Waals surface area (Å²) in [6.07, 6.45) is 4.98. The molecule has 0 fully saturated rings. The van der Waals surface area contributed by atoms with Crippen LogP contribution in [0.5, 0.6) is 0 Å². The normalized spacial score (nSPS) is 9.92. The smallest absolute Gasteiger partial charge is 0.178 e. The third-order valence-electron chi connectivity index (χ3n) is 1.52. The number of aromatic nitrogens is 3. The second-order valence-corrected chi connectivity index (χ2v) is 2.87. The molecule has 0 aromatic carbocycles. The van der Waals surface area contributed by atoms with E-state index >= 15 is 0 Å². The van der Waals surface area contributed by atoms with Gasteiger partial charge in [0.15, 0.2) is 5.82 Å². The first-order valence-electron chi connectivity index (χ1n) is 3.75. The highest BCUT2D eigenvalue weighted by atomic mass is 35.5. The largest absolute Gasteiger partial charge is 0.253 e. The Kier molecular flexibility index (Phi) is 2.19. The lowest BCUT2D eigenvalue weighted by atomic mass is 10.3. The van der Waals surface area contributed by atoms with Crippen molar-refractivity contribution >= 4 is 11.6 Å². The van der Waals surface area contributed by atoms with Gasteiger partial charge in [-0.3, -0.25) is 4.98 Å². The van der Waals surface area contributed by atoms with E-state index in [1.54, 1.807) is 36.8 Å². The Morgan fingerprint density at radius 3 is 2.46 bits per heavy atom. The van der Waals surface area contributed by atoms with Gasteiger partial charge in [0.2, 0.25) is 0 Å². The molecule has 0 amide bonds. The lowest BCUT2D eigenvalue weighted by molar-refractivity contribution is 1.14. The standard InChI is InChI=1S/C9H6ClN3/c10-7-2-5-11-8(6-7)9-12-3-1-4-13-9/h1-6H. The van der Waals surface area contributed by atoms with Gasteiger partial charge in [-0.2, -0.15) is 0 Å². The predicted molar refractivity (Wildman–Crippen MR) is 50.3 cm³/mol. The molecule has 64 valence electrons. The Labute approximate surface area is 80.5 Å². The van der Waals surface area contributed by atoms with Crippen LogP contribution in [0.15, 0.2) is 36.8 Å². The highest BCUT2D eigenvalue weighted by molar-refractivity contribution is 6.30. The summed E-state index contributed by atoms with van der Waals surface area (Å²) in [6.45, 7) is 0. The molecule has 2 rings (SSSR count). The quantitative estimate of drug-likeness (QED) is 0.694. The van der Waals surface area contributed by atoms with Gasteiger partial charge in [-0.1, -0.05) is 11.6 Å². The summed E-state index contributed by atoms with van der Waals surface area (Å²) >= 11 is 5.80. The van der Waals surface area contributed by atoms with Gasteiger partial charge in [0.05, 0.1) is 0 Å². The third-order valence-corrected chi connectivity index (χ3v) is 1.75. The van der Waals surface area contributed by atoms with Gasteiger partial charge in [-0.25, -0.2) is 9.97 Å². The Morgan fingerprint density at radius 2 is 1.77 bits per heavy atom.